The zero-order chi connectivity index (χ0) is 14.6. The monoisotopic (exact) mass is 268 g/mol. The molecule has 0 heterocycles. The van der Waals surface area contributed by atoms with E-state index < -0.39 is 5.54 Å². The van der Waals surface area contributed by atoms with Crippen LogP contribution in [0.25, 0.3) is 0 Å². The normalized spacial score (nSPS) is 18.7. The van der Waals surface area contributed by atoms with Gasteiger partial charge in [-0.1, -0.05) is 27.7 Å². The molecule has 1 amide bonds. The minimum atomic E-state index is -0.645. The smallest absolute Gasteiger partial charge is 0.242 e. The third-order valence-corrected chi connectivity index (χ3v) is 4.13. The highest BCUT2D eigenvalue weighted by atomic mass is 16.2. The van der Waals surface area contributed by atoms with Crippen LogP contribution in [-0.4, -0.2) is 29.4 Å². The lowest BCUT2D eigenvalue weighted by molar-refractivity contribution is -0.137. The summed E-state index contributed by atoms with van der Waals surface area (Å²) in [7, 11) is 0. The molecule has 0 radical (unpaired) electrons. The molecule has 2 N–H and O–H groups in total. The van der Waals surface area contributed by atoms with E-state index in [-0.39, 0.29) is 5.91 Å². The van der Waals surface area contributed by atoms with E-state index in [4.69, 9.17) is 5.73 Å². The van der Waals surface area contributed by atoms with Crippen LogP contribution >= 0.6 is 0 Å². The summed E-state index contributed by atoms with van der Waals surface area (Å²) in [4.78, 5) is 14.7. The van der Waals surface area contributed by atoms with Gasteiger partial charge in [-0.25, -0.2) is 0 Å². The molecule has 0 aliphatic heterocycles. The fourth-order valence-electron chi connectivity index (χ4n) is 2.34. The molecule has 0 bridgehead atoms. The first-order valence-electron chi connectivity index (χ1n) is 7.83. The number of hydrogen-bond acceptors (Lipinski definition) is 2. The molecule has 112 valence electrons. The molecule has 19 heavy (non-hydrogen) atoms. The van der Waals surface area contributed by atoms with E-state index in [9.17, 15) is 4.79 Å². The van der Waals surface area contributed by atoms with Crippen LogP contribution in [-0.2, 0) is 4.79 Å². The van der Waals surface area contributed by atoms with Crippen molar-refractivity contribution < 1.29 is 4.79 Å². The van der Waals surface area contributed by atoms with Crippen molar-refractivity contribution in [2.45, 2.75) is 65.8 Å². The molecular formula is C16H32N2O. The standard InChI is InChI=1S/C16H32N2O/c1-12(2)8-10-18(11-9-13(3)4)15(19)16(5,17)14-6-7-14/h12-14H,6-11,17H2,1-5H3. The SMILES string of the molecule is CC(C)CCN(CCC(C)C)C(=O)C(C)(N)C1CC1. The minimum Gasteiger partial charge on any atom is -0.341 e. The Morgan fingerprint density at radius 2 is 1.58 bits per heavy atom. The van der Waals surface area contributed by atoms with E-state index in [0.29, 0.717) is 17.8 Å². The zero-order valence-corrected chi connectivity index (χ0v) is 13.4. The number of carbonyl (C=O) groups is 1. The Balaban J connectivity index is 2.62. The molecule has 3 heteroatoms. The molecule has 0 aromatic rings. The molecule has 1 rings (SSSR count). The molecule has 1 aliphatic carbocycles. The van der Waals surface area contributed by atoms with Gasteiger partial charge in [0.1, 0.15) is 0 Å². The van der Waals surface area contributed by atoms with Crippen LogP contribution in [0, 0.1) is 17.8 Å². The van der Waals surface area contributed by atoms with Crippen molar-refractivity contribution in [3.05, 3.63) is 0 Å². The molecule has 0 saturated heterocycles. The fraction of sp³-hybridized carbons (Fsp3) is 0.938. The van der Waals surface area contributed by atoms with E-state index in [1.54, 1.807) is 0 Å². The summed E-state index contributed by atoms with van der Waals surface area (Å²) in [5, 5.41) is 0. The summed E-state index contributed by atoms with van der Waals surface area (Å²) in [6.45, 7) is 12.4. The minimum absolute atomic E-state index is 0.163. The highest BCUT2D eigenvalue weighted by Crippen LogP contribution is 2.39. The number of carbonyl (C=O) groups excluding carboxylic acids is 1. The highest BCUT2D eigenvalue weighted by Gasteiger charge is 2.45. The fourth-order valence-corrected chi connectivity index (χ4v) is 2.34. The van der Waals surface area contributed by atoms with Crippen molar-refractivity contribution in [2.75, 3.05) is 13.1 Å². The first-order valence-corrected chi connectivity index (χ1v) is 7.83. The predicted octanol–water partition coefficient (Wildman–Crippen LogP) is 3.03. The van der Waals surface area contributed by atoms with Crippen LogP contribution in [0.3, 0.4) is 0 Å². The van der Waals surface area contributed by atoms with Gasteiger partial charge in [0, 0.05) is 13.1 Å². The topological polar surface area (TPSA) is 46.3 Å². The molecule has 0 aromatic carbocycles. The van der Waals surface area contributed by atoms with Gasteiger partial charge in [-0.2, -0.15) is 0 Å². The Morgan fingerprint density at radius 1 is 1.16 bits per heavy atom. The molecule has 1 fully saturated rings. The number of nitrogens with zero attached hydrogens (tertiary/aromatic N) is 1. The van der Waals surface area contributed by atoms with Crippen LogP contribution in [0.4, 0.5) is 0 Å². The summed E-state index contributed by atoms with van der Waals surface area (Å²) in [5.74, 6) is 1.82. The summed E-state index contributed by atoms with van der Waals surface area (Å²) < 4.78 is 0. The van der Waals surface area contributed by atoms with Gasteiger partial charge in [-0.15, -0.1) is 0 Å². The molecular weight excluding hydrogens is 236 g/mol. The molecule has 0 aromatic heterocycles. The largest absolute Gasteiger partial charge is 0.341 e. The van der Waals surface area contributed by atoms with Crippen molar-refractivity contribution in [1.82, 2.24) is 4.90 Å². The second-order valence-corrected chi connectivity index (χ2v) is 7.21. The number of hydrogen-bond donors (Lipinski definition) is 1. The maximum absolute atomic E-state index is 12.7. The second kappa shape index (κ2) is 6.74. The highest BCUT2D eigenvalue weighted by molar-refractivity contribution is 5.86. The molecule has 0 spiro atoms. The third kappa shape index (κ3) is 5.13. The Labute approximate surface area is 118 Å². The number of amides is 1. The van der Waals surface area contributed by atoms with Gasteiger partial charge in [0.15, 0.2) is 0 Å². The van der Waals surface area contributed by atoms with Gasteiger partial charge in [-0.3, -0.25) is 4.79 Å². The predicted molar refractivity (Wildman–Crippen MR) is 80.8 cm³/mol. The van der Waals surface area contributed by atoms with Gasteiger partial charge in [-0.05, 0) is 50.4 Å². The maximum atomic E-state index is 12.7. The Kier molecular flexibility index (Phi) is 5.84. The van der Waals surface area contributed by atoms with Gasteiger partial charge < -0.3 is 10.6 Å². The van der Waals surface area contributed by atoms with Crippen molar-refractivity contribution in [3.63, 3.8) is 0 Å². The first kappa shape index (κ1) is 16.5. The quantitative estimate of drug-likeness (QED) is 0.735. The van der Waals surface area contributed by atoms with Crippen LogP contribution in [0.5, 0.6) is 0 Å². The average Bonchev–Trinajstić information content (AvgIpc) is 3.11. The average molecular weight is 268 g/mol. The first-order chi connectivity index (χ1) is 8.75. The van der Waals surface area contributed by atoms with E-state index >= 15 is 0 Å². The van der Waals surface area contributed by atoms with Gasteiger partial charge in [0.05, 0.1) is 5.54 Å². The van der Waals surface area contributed by atoms with Crippen molar-refractivity contribution in [2.24, 2.45) is 23.5 Å². The lowest BCUT2D eigenvalue weighted by Gasteiger charge is -2.33. The summed E-state index contributed by atoms with van der Waals surface area (Å²) >= 11 is 0. The van der Waals surface area contributed by atoms with Crippen LogP contribution in [0.1, 0.15) is 60.3 Å². The van der Waals surface area contributed by atoms with Crippen molar-refractivity contribution >= 4 is 5.91 Å². The zero-order valence-electron chi connectivity index (χ0n) is 13.4. The van der Waals surface area contributed by atoms with Gasteiger partial charge in [0.2, 0.25) is 5.91 Å². The van der Waals surface area contributed by atoms with E-state index in [1.807, 2.05) is 11.8 Å². The van der Waals surface area contributed by atoms with E-state index in [2.05, 4.69) is 27.7 Å². The third-order valence-electron chi connectivity index (χ3n) is 4.13. The van der Waals surface area contributed by atoms with Crippen molar-refractivity contribution in [1.29, 1.82) is 0 Å². The Bertz CT molecular complexity index is 281. The van der Waals surface area contributed by atoms with E-state index in [0.717, 1.165) is 38.8 Å². The van der Waals surface area contributed by atoms with Gasteiger partial charge in [0.25, 0.3) is 0 Å². The van der Waals surface area contributed by atoms with Crippen molar-refractivity contribution in [3.8, 4) is 0 Å². The summed E-state index contributed by atoms with van der Waals surface area (Å²) in [6, 6.07) is 0. The second-order valence-electron chi connectivity index (χ2n) is 7.21. The Morgan fingerprint density at radius 3 is 1.89 bits per heavy atom. The lowest BCUT2D eigenvalue weighted by atomic mass is 9.94. The number of rotatable bonds is 8. The summed E-state index contributed by atoms with van der Waals surface area (Å²) in [5.41, 5.74) is 5.64. The maximum Gasteiger partial charge on any atom is 0.242 e. The van der Waals surface area contributed by atoms with E-state index in [1.165, 1.54) is 0 Å². The molecule has 1 saturated carbocycles. The lowest BCUT2D eigenvalue weighted by Crippen LogP contribution is -2.55. The molecule has 1 aliphatic rings. The van der Waals surface area contributed by atoms with Crippen LogP contribution in [0.2, 0.25) is 0 Å². The van der Waals surface area contributed by atoms with Crippen LogP contribution in [0.15, 0.2) is 0 Å². The van der Waals surface area contributed by atoms with Gasteiger partial charge >= 0.3 is 0 Å². The molecule has 3 nitrogen and oxygen atoms in total. The Hall–Kier alpha value is -0.570. The van der Waals surface area contributed by atoms with Crippen LogP contribution < -0.4 is 5.73 Å². The molecule has 1 atom stereocenters. The molecule has 1 unspecified atom stereocenters. The number of nitrogens with two attached hydrogens (primary N) is 1. The summed E-state index contributed by atoms with van der Waals surface area (Å²) in [6.07, 6.45) is 4.34.